The summed E-state index contributed by atoms with van der Waals surface area (Å²) in [5.74, 6) is 0.869. The Morgan fingerprint density at radius 1 is 1.26 bits per heavy atom. The van der Waals surface area contributed by atoms with E-state index in [9.17, 15) is 4.79 Å². The fourth-order valence-electron chi connectivity index (χ4n) is 2.09. The number of furan rings is 1. The van der Waals surface area contributed by atoms with Gasteiger partial charge in [0.15, 0.2) is 10.9 Å². The van der Waals surface area contributed by atoms with Crippen LogP contribution in [0.2, 0.25) is 0 Å². The van der Waals surface area contributed by atoms with Crippen molar-refractivity contribution < 1.29 is 9.21 Å². The summed E-state index contributed by atoms with van der Waals surface area (Å²) < 4.78 is 7.37. The van der Waals surface area contributed by atoms with E-state index in [4.69, 9.17) is 10.2 Å². The molecule has 0 saturated carbocycles. The summed E-state index contributed by atoms with van der Waals surface area (Å²) in [6.07, 6.45) is 1.59. The summed E-state index contributed by atoms with van der Waals surface area (Å²) in [6, 6.07) is 13.6. The molecular weight excluding hydrogens is 312 g/mol. The highest BCUT2D eigenvalue weighted by Crippen LogP contribution is 2.27. The molecule has 0 spiro atoms. The van der Waals surface area contributed by atoms with Crippen LogP contribution in [0.4, 0.5) is 0 Å². The van der Waals surface area contributed by atoms with Crippen molar-refractivity contribution in [3.05, 3.63) is 54.3 Å². The number of benzene rings is 1. The van der Waals surface area contributed by atoms with Crippen molar-refractivity contribution in [2.24, 2.45) is 5.73 Å². The molecule has 0 fully saturated rings. The van der Waals surface area contributed by atoms with Gasteiger partial charge in [-0.3, -0.25) is 9.36 Å². The van der Waals surface area contributed by atoms with Gasteiger partial charge >= 0.3 is 0 Å². The third kappa shape index (κ3) is 3.45. The van der Waals surface area contributed by atoms with Gasteiger partial charge in [0.25, 0.3) is 0 Å². The van der Waals surface area contributed by atoms with Crippen molar-refractivity contribution in [1.82, 2.24) is 14.8 Å². The molecule has 6 nitrogen and oxygen atoms in total. The molecule has 1 aromatic carbocycles. The van der Waals surface area contributed by atoms with Crippen LogP contribution in [-0.2, 0) is 11.3 Å². The van der Waals surface area contributed by atoms with Gasteiger partial charge in [-0.15, -0.1) is 10.2 Å². The molecule has 0 aliphatic carbocycles. The van der Waals surface area contributed by atoms with Gasteiger partial charge < -0.3 is 10.2 Å². The maximum atomic E-state index is 11.3. The van der Waals surface area contributed by atoms with Crippen LogP contribution in [0.15, 0.2) is 58.3 Å². The van der Waals surface area contributed by atoms with E-state index in [0.717, 1.165) is 5.56 Å². The highest BCUT2D eigenvalue weighted by molar-refractivity contribution is 8.00. The molecule has 0 saturated heterocycles. The molecule has 0 bridgehead atoms. The Morgan fingerprint density at radius 2 is 2.04 bits per heavy atom. The molecule has 118 valence electrons. The Balaban J connectivity index is 1.98. The minimum atomic E-state index is -0.391. The van der Waals surface area contributed by atoms with Gasteiger partial charge in [-0.1, -0.05) is 42.1 Å². The van der Waals surface area contributed by atoms with Gasteiger partial charge in [0.05, 0.1) is 18.1 Å². The van der Waals surface area contributed by atoms with E-state index in [2.05, 4.69) is 10.2 Å². The largest absolute Gasteiger partial charge is 0.461 e. The van der Waals surface area contributed by atoms with Crippen molar-refractivity contribution in [3.63, 3.8) is 0 Å². The van der Waals surface area contributed by atoms with Crippen LogP contribution in [0, 0.1) is 0 Å². The number of hydrogen-bond donors (Lipinski definition) is 1. The summed E-state index contributed by atoms with van der Waals surface area (Å²) in [5.41, 5.74) is 6.46. The minimum absolute atomic E-state index is 0.385. The van der Waals surface area contributed by atoms with E-state index in [1.165, 1.54) is 11.8 Å². The topological polar surface area (TPSA) is 86.9 Å². The first kappa shape index (κ1) is 15.4. The highest BCUT2D eigenvalue weighted by atomic mass is 32.2. The van der Waals surface area contributed by atoms with Crippen molar-refractivity contribution in [1.29, 1.82) is 0 Å². The van der Waals surface area contributed by atoms with Gasteiger partial charge in [0, 0.05) is 0 Å². The Kier molecular flexibility index (Phi) is 4.47. The number of hydrogen-bond acceptors (Lipinski definition) is 5. The quantitative estimate of drug-likeness (QED) is 0.703. The third-order valence-electron chi connectivity index (χ3n) is 3.32. The number of nitrogens with zero attached hydrogens (tertiary/aromatic N) is 3. The van der Waals surface area contributed by atoms with Gasteiger partial charge in [-0.05, 0) is 24.6 Å². The Morgan fingerprint density at radius 3 is 2.70 bits per heavy atom. The molecule has 7 heteroatoms. The van der Waals surface area contributed by atoms with Crippen LogP contribution in [0.1, 0.15) is 12.5 Å². The third-order valence-corrected chi connectivity index (χ3v) is 4.42. The molecule has 2 aromatic heterocycles. The summed E-state index contributed by atoms with van der Waals surface area (Å²) in [5, 5.41) is 8.65. The molecule has 0 unspecified atom stereocenters. The monoisotopic (exact) mass is 328 g/mol. The number of carbonyl (C=O) groups excluding carboxylic acids is 1. The number of carbonyl (C=O) groups is 1. The van der Waals surface area contributed by atoms with E-state index < -0.39 is 5.25 Å². The normalized spacial score (nSPS) is 12.2. The smallest absolute Gasteiger partial charge is 0.230 e. The van der Waals surface area contributed by atoms with Crippen LogP contribution >= 0.6 is 11.8 Å². The Hall–Kier alpha value is -2.54. The molecule has 23 heavy (non-hydrogen) atoms. The van der Waals surface area contributed by atoms with Crippen molar-refractivity contribution >= 4 is 17.7 Å². The van der Waals surface area contributed by atoms with Gasteiger partial charge in [-0.2, -0.15) is 0 Å². The average Bonchev–Trinajstić information content (AvgIpc) is 3.19. The maximum absolute atomic E-state index is 11.3. The predicted molar refractivity (Wildman–Crippen MR) is 87.8 cm³/mol. The van der Waals surface area contributed by atoms with Crippen LogP contribution in [0.5, 0.6) is 0 Å². The molecule has 3 aromatic rings. The Bertz CT molecular complexity index is 784. The summed E-state index contributed by atoms with van der Waals surface area (Å²) in [6.45, 7) is 2.33. The van der Waals surface area contributed by atoms with E-state index >= 15 is 0 Å². The van der Waals surface area contributed by atoms with Crippen LogP contribution < -0.4 is 5.73 Å². The lowest BCUT2D eigenvalue weighted by Gasteiger charge is -2.11. The lowest BCUT2D eigenvalue weighted by Crippen LogP contribution is -2.23. The number of primary amides is 1. The van der Waals surface area contributed by atoms with Crippen molar-refractivity contribution in [3.8, 4) is 11.6 Å². The first-order valence-electron chi connectivity index (χ1n) is 7.12. The summed E-state index contributed by atoms with van der Waals surface area (Å²) in [4.78, 5) is 11.3. The zero-order chi connectivity index (χ0) is 16.2. The van der Waals surface area contributed by atoms with Crippen LogP contribution in [0.3, 0.4) is 0 Å². The molecule has 0 radical (unpaired) electrons. The summed E-state index contributed by atoms with van der Waals surface area (Å²) in [7, 11) is 0. The first-order chi connectivity index (χ1) is 11.1. The number of thioether (sulfide) groups is 1. The molecule has 0 aliphatic heterocycles. The zero-order valence-electron chi connectivity index (χ0n) is 12.5. The maximum Gasteiger partial charge on any atom is 0.230 e. The standard InChI is InChI=1S/C16H16N4O2S/c1-11(14(17)21)23-16-19-18-15(13-8-5-9-22-13)20(16)10-12-6-3-2-4-7-12/h2-9,11H,10H2,1H3,(H2,17,21)/t11-/m1/s1. The van der Waals surface area contributed by atoms with Crippen molar-refractivity contribution in [2.75, 3.05) is 0 Å². The van der Waals surface area contributed by atoms with E-state index in [1.54, 1.807) is 19.3 Å². The van der Waals surface area contributed by atoms with Crippen molar-refractivity contribution in [2.45, 2.75) is 23.9 Å². The molecule has 1 atom stereocenters. The molecule has 1 amide bonds. The first-order valence-corrected chi connectivity index (χ1v) is 8.00. The molecule has 2 N–H and O–H groups in total. The minimum Gasteiger partial charge on any atom is -0.461 e. The van der Waals surface area contributed by atoms with E-state index in [1.807, 2.05) is 41.0 Å². The van der Waals surface area contributed by atoms with Gasteiger partial charge in [0.1, 0.15) is 0 Å². The SMILES string of the molecule is C[C@@H](Sc1nnc(-c2ccco2)n1Cc1ccccc1)C(N)=O. The Labute approximate surface area is 137 Å². The van der Waals surface area contributed by atoms with Crippen LogP contribution in [0.25, 0.3) is 11.6 Å². The van der Waals surface area contributed by atoms with Gasteiger partial charge in [0.2, 0.25) is 11.7 Å². The average molecular weight is 328 g/mol. The van der Waals surface area contributed by atoms with Gasteiger partial charge in [-0.25, -0.2) is 0 Å². The fraction of sp³-hybridized carbons (Fsp3) is 0.188. The molecule has 0 aliphatic rings. The molecule has 2 heterocycles. The number of nitrogens with two attached hydrogens (primary N) is 1. The lowest BCUT2D eigenvalue weighted by atomic mass is 10.2. The predicted octanol–water partition coefficient (Wildman–Crippen LogP) is 2.55. The number of aromatic nitrogens is 3. The van der Waals surface area contributed by atoms with Crippen LogP contribution in [-0.4, -0.2) is 25.9 Å². The fourth-order valence-corrected chi connectivity index (χ4v) is 2.89. The second-order valence-electron chi connectivity index (χ2n) is 5.02. The lowest BCUT2D eigenvalue weighted by molar-refractivity contribution is -0.117. The molecular formula is C16H16N4O2S. The second kappa shape index (κ2) is 6.70. The summed E-state index contributed by atoms with van der Waals surface area (Å²) >= 11 is 1.29. The van der Waals surface area contributed by atoms with E-state index in [0.29, 0.717) is 23.3 Å². The molecule has 3 rings (SSSR count). The highest BCUT2D eigenvalue weighted by Gasteiger charge is 2.20. The number of amides is 1. The van der Waals surface area contributed by atoms with E-state index in [-0.39, 0.29) is 5.91 Å². The zero-order valence-corrected chi connectivity index (χ0v) is 13.4. The number of rotatable bonds is 6. The second-order valence-corrected chi connectivity index (χ2v) is 6.33.